The number of para-hydroxylation sites is 1. The number of nitrogens with one attached hydrogen (secondary N) is 1. The molecule has 1 aromatic carbocycles. The van der Waals surface area contributed by atoms with Crippen LogP contribution in [0, 0.1) is 5.92 Å². The molecule has 3 aromatic heterocycles. The van der Waals surface area contributed by atoms with Gasteiger partial charge in [-0.1, -0.05) is 36.7 Å². The minimum absolute atomic E-state index is 0.101. The fourth-order valence-corrected chi connectivity index (χ4v) is 6.00. The van der Waals surface area contributed by atoms with Crippen molar-refractivity contribution in [3.8, 4) is 5.88 Å². The molecule has 42 heavy (non-hydrogen) atoms. The normalized spacial score (nSPS) is 24.4. The van der Waals surface area contributed by atoms with Gasteiger partial charge in [0.1, 0.15) is 35.5 Å². The molecular formula is C30H31ClFN5O5. The smallest absolute Gasteiger partial charge is 0.326 e. The van der Waals surface area contributed by atoms with Gasteiger partial charge in [0, 0.05) is 30.5 Å². The summed E-state index contributed by atoms with van der Waals surface area (Å²) in [5, 5.41) is 14.5. The van der Waals surface area contributed by atoms with Gasteiger partial charge in [-0.15, -0.1) is 6.58 Å². The Labute approximate surface area is 246 Å². The lowest BCUT2D eigenvalue weighted by Crippen LogP contribution is -2.44. The van der Waals surface area contributed by atoms with E-state index < -0.39 is 23.8 Å². The van der Waals surface area contributed by atoms with Crippen LogP contribution in [-0.4, -0.2) is 64.4 Å². The average molecular weight is 596 g/mol. The highest BCUT2D eigenvalue weighted by atomic mass is 35.5. The molecule has 0 radical (unpaired) electrons. The van der Waals surface area contributed by atoms with Crippen molar-refractivity contribution >= 4 is 45.5 Å². The van der Waals surface area contributed by atoms with Crippen molar-refractivity contribution in [3.05, 3.63) is 65.6 Å². The molecule has 0 spiro atoms. The molecule has 5 heterocycles. The van der Waals surface area contributed by atoms with Crippen LogP contribution in [0.4, 0.5) is 10.2 Å². The quantitative estimate of drug-likeness (QED) is 0.201. The van der Waals surface area contributed by atoms with Crippen LogP contribution in [0.3, 0.4) is 0 Å². The van der Waals surface area contributed by atoms with Crippen LogP contribution in [0.15, 0.2) is 53.6 Å². The maximum atomic E-state index is 16.4. The lowest BCUT2D eigenvalue weighted by atomic mass is 9.79. The second-order valence-corrected chi connectivity index (χ2v) is 11.2. The second-order valence-electron chi connectivity index (χ2n) is 10.7. The number of anilines is 1. The van der Waals surface area contributed by atoms with E-state index in [0.717, 1.165) is 5.39 Å². The molecule has 2 fully saturated rings. The first-order chi connectivity index (χ1) is 20.3. The minimum atomic E-state index is -1.70. The van der Waals surface area contributed by atoms with Gasteiger partial charge in [0.25, 0.3) is 0 Å². The Kier molecular flexibility index (Phi) is 7.73. The number of alkyl halides is 1. The number of carboxylic acid groups (broad SMARTS) is 1. The maximum absolute atomic E-state index is 16.4. The Morgan fingerprint density at radius 2 is 2.21 bits per heavy atom. The molecule has 4 aromatic rings. The summed E-state index contributed by atoms with van der Waals surface area (Å²) in [7, 11) is 0. The minimum Gasteiger partial charge on any atom is -0.480 e. The van der Waals surface area contributed by atoms with E-state index in [9.17, 15) is 9.90 Å². The van der Waals surface area contributed by atoms with Gasteiger partial charge in [0.15, 0.2) is 17.2 Å². The number of hydrogen-bond acceptors (Lipinski definition) is 9. The lowest BCUT2D eigenvalue weighted by molar-refractivity contribution is -0.138. The maximum Gasteiger partial charge on any atom is 0.326 e. The topological polar surface area (TPSA) is 123 Å². The summed E-state index contributed by atoms with van der Waals surface area (Å²) < 4.78 is 34.5. The predicted molar refractivity (Wildman–Crippen MR) is 156 cm³/mol. The number of rotatable bonds is 9. The van der Waals surface area contributed by atoms with Crippen molar-refractivity contribution < 1.29 is 28.2 Å². The molecule has 2 aliphatic rings. The summed E-state index contributed by atoms with van der Waals surface area (Å²) in [5.41, 5.74) is 0.105. The van der Waals surface area contributed by atoms with E-state index in [2.05, 4.69) is 21.9 Å². The number of halogens is 2. The van der Waals surface area contributed by atoms with Crippen molar-refractivity contribution in [2.45, 2.75) is 44.2 Å². The molecule has 0 aliphatic carbocycles. The molecule has 2 N–H and O–H groups in total. The van der Waals surface area contributed by atoms with Crippen molar-refractivity contribution in [3.63, 3.8) is 0 Å². The second kappa shape index (κ2) is 11.5. The summed E-state index contributed by atoms with van der Waals surface area (Å²) in [4.78, 5) is 27.9. The molecule has 2 aliphatic heterocycles. The number of carboxylic acids is 1. The van der Waals surface area contributed by atoms with E-state index in [1.807, 2.05) is 31.2 Å². The summed E-state index contributed by atoms with van der Waals surface area (Å²) in [6.45, 7) is 7.06. The molecule has 6 rings (SSSR count). The highest BCUT2D eigenvalue weighted by molar-refractivity contribution is 6.30. The molecule has 220 valence electrons. The summed E-state index contributed by atoms with van der Waals surface area (Å²) >= 11 is 6.25. The van der Waals surface area contributed by atoms with Crippen LogP contribution < -0.4 is 15.0 Å². The van der Waals surface area contributed by atoms with Crippen molar-refractivity contribution in [1.82, 2.24) is 20.3 Å². The molecule has 0 unspecified atom stereocenters. The predicted octanol–water partition coefficient (Wildman–Crippen LogP) is 5.03. The number of ether oxygens (including phenoxy) is 2. The number of aromatic nitrogens is 3. The standard InChI is InChI=1S/C30H31ClFN5O5/c1-3-10-40-16-24-35-25-20-6-4-5-7-23(20)42-26(25)27(36-24)37-15-19(12-22(37)29(38)39)41-28-21(11-18(31)14-34-28)30(32)8-9-33-13-17(30)2/h3-7,11,14,17,19,22,33H,1,8-10,12-13,15-16H2,2H3,(H,38,39)/t17-,19-,22-,30+/m0/s1. The van der Waals surface area contributed by atoms with Crippen LogP contribution in [0.5, 0.6) is 5.88 Å². The molecule has 0 amide bonds. The largest absolute Gasteiger partial charge is 0.480 e. The van der Waals surface area contributed by atoms with Gasteiger partial charge in [0.05, 0.1) is 23.7 Å². The number of furan rings is 1. The molecule has 0 saturated carbocycles. The molecule has 10 nitrogen and oxygen atoms in total. The van der Waals surface area contributed by atoms with Gasteiger partial charge >= 0.3 is 5.97 Å². The molecule has 0 bridgehead atoms. The average Bonchev–Trinajstić information content (AvgIpc) is 3.57. The Morgan fingerprint density at radius 1 is 1.38 bits per heavy atom. The van der Waals surface area contributed by atoms with E-state index >= 15 is 4.39 Å². The number of benzene rings is 1. The van der Waals surface area contributed by atoms with Gasteiger partial charge in [-0.25, -0.2) is 24.1 Å². The number of carbonyl (C=O) groups is 1. The third-order valence-corrected chi connectivity index (χ3v) is 8.18. The van der Waals surface area contributed by atoms with E-state index in [1.165, 1.54) is 6.20 Å². The third kappa shape index (κ3) is 5.16. The number of fused-ring (bicyclic) bond motifs is 3. The van der Waals surface area contributed by atoms with E-state index in [0.29, 0.717) is 53.0 Å². The number of nitrogens with zero attached hydrogens (tertiary/aromatic N) is 4. The fraction of sp³-hybridized carbons (Fsp3) is 0.400. The van der Waals surface area contributed by atoms with E-state index in [4.69, 9.17) is 30.5 Å². The van der Waals surface area contributed by atoms with Crippen LogP contribution in [-0.2, 0) is 21.8 Å². The van der Waals surface area contributed by atoms with Crippen LogP contribution >= 0.6 is 11.6 Å². The summed E-state index contributed by atoms with van der Waals surface area (Å²) in [6.07, 6.45) is 2.76. The first-order valence-corrected chi connectivity index (χ1v) is 14.2. The third-order valence-electron chi connectivity index (χ3n) is 7.98. The zero-order valence-electron chi connectivity index (χ0n) is 23.1. The molecule has 2 saturated heterocycles. The summed E-state index contributed by atoms with van der Waals surface area (Å²) in [6, 6.07) is 8.01. The fourth-order valence-electron chi connectivity index (χ4n) is 5.84. The van der Waals surface area contributed by atoms with Crippen LogP contribution in [0.25, 0.3) is 22.1 Å². The SMILES string of the molecule is C=CCOCc1nc(N2C[C@@H](Oc3ncc(Cl)cc3[C@@]3(F)CCNC[C@@H]3C)C[C@H]2C(=O)O)c2oc3ccccc3c2n1. The van der Waals surface area contributed by atoms with Crippen LogP contribution in [0.1, 0.15) is 31.2 Å². The molecule has 12 heteroatoms. The van der Waals surface area contributed by atoms with E-state index in [1.54, 1.807) is 17.0 Å². The van der Waals surface area contributed by atoms with E-state index in [-0.39, 0.29) is 43.4 Å². The number of hydrogen-bond donors (Lipinski definition) is 2. The van der Waals surface area contributed by atoms with Gasteiger partial charge < -0.3 is 29.2 Å². The number of aliphatic carboxylic acids is 1. The zero-order valence-corrected chi connectivity index (χ0v) is 23.8. The zero-order chi connectivity index (χ0) is 29.4. The van der Waals surface area contributed by atoms with Crippen molar-refractivity contribution in [1.29, 1.82) is 0 Å². The Morgan fingerprint density at radius 3 is 3.00 bits per heavy atom. The highest BCUT2D eigenvalue weighted by Crippen LogP contribution is 2.44. The lowest BCUT2D eigenvalue weighted by Gasteiger charge is -2.37. The number of piperidine rings is 1. The van der Waals surface area contributed by atoms with Crippen molar-refractivity contribution in [2.75, 3.05) is 31.1 Å². The first-order valence-electron chi connectivity index (χ1n) is 13.9. The first kappa shape index (κ1) is 28.3. The molecule has 4 atom stereocenters. The van der Waals surface area contributed by atoms with Crippen LogP contribution in [0.2, 0.25) is 5.02 Å². The van der Waals surface area contributed by atoms with Gasteiger partial charge in [0.2, 0.25) is 5.88 Å². The Balaban J connectivity index is 1.37. The van der Waals surface area contributed by atoms with Gasteiger partial charge in [-0.2, -0.15) is 0 Å². The van der Waals surface area contributed by atoms with Crippen molar-refractivity contribution in [2.24, 2.45) is 5.92 Å². The Hall–Kier alpha value is -3.80. The number of pyridine rings is 1. The summed E-state index contributed by atoms with van der Waals surface area (Å²) in [5.74, 6) is -0.580. The highest BCUT2D eigenvalue weighted by Gasteiger charge is 2.45. The van der Waals surface area contributed by atoms with Gasteiger partial charge in [-0.3, -0.25) is 0 Å². The Bertz CT molecular complexity index is 1650. The van der Waals surface area contributed by atoms with Gasteiger partial charge in [-0.05, 0) is 31.2 Å². The molecular weight excluding hydrogens is 565 g/mol. The monoisotopic (exact) mass is 595 g/mol.